The maximum Gasteiger partial charge on any atom is 0.0763 e. The first-order valence-electron chi connectivity index (χ1n) is 5.85. The van der Waals surface area contributed by atoms with Crippen molar-refractivity contribution in [3.63, 3.8) is 0 Å². The molecule has 18 heavy (non-hydrogen) atoms. The molecule has 2 N–H and O–H groups in total. The third-order valence-electron chi connectivity index (χ3n) is 3.26. The molecule has 0 saturated carbocycles. The van der Waals surface area contributed by atoms with E-state index in [2.05, 4.69) is 10.2 Å². The van der Waals surface area contributed by atoms with E-state index in [9.17, 15) is 0 Å². The van der Waals surface area contributed by atoms with Crippen LogP contribution in [-0.4, -0.2) is 19.4 Å². The van der Waals surface area contributed by atoms with E-state index in [1.165, 1.54) is 0 Å². The molecule has 5 nitrogen and oxygen atoms in total. The Hall–Kier alpha value is -2.14. The van der Waals surface area contributed by atoms with Gasteiger partial charge in [-0.15, -0.1) is 0 Å². The number of rotatable bonds is 2. The van der Waals surface area contributed by atoms with Crippen molar-refractivity contribution >= 4 is 5.52 Å². The van der Waals surface area contributed by atoms with Crippen LogP contribution in [0.2, 0.25) is 0 Å². The molecule has 92 valence electrons. The summed E-state index contributed by atoms with van der Waals surface area (Å²) in [6.07, 6.45) is 5.58. The van der Waals surface area contributed by atoms with Crippen LogP contribution >= 0.6 is 0 Å². The summed E-state index contributed by atoms with van der Waals surface area (Å²) < 4.78 is 3.66. The number of hydrogen-bond donors (Lipinski definition) is 1. The number of hydrogen-bond acceptors (Lipinski definition) is 3. The molecule has 3 aromatic rings. The molecule has 0 bridgehead atoms. The average Bonchev–Trinajstić information content (AvgIpc) is 2.93. The molecule has 3 aromatic heterocycles. The van der Waals surface area contributed by atoms with E-state index in [1.807, 2.05) is 60.0 Å². The van der Waals surface area contributed by atoms with Gasteiger partial charge in [-0.25, -0.2) is 4.52 Å². The SMILES string of the molecule is Cc1cnn(C)c1C(N)c1cnn2ccccc12. The summed E-state index contributed by atoms with van der Waals surface area (Å²) in [5, 5.41) is 8.55. The number of aromatic nitrogens is 4. The number of pyridine rings is 1. The highest BCUT2D eigenvalue weighted by Crippen LogP contribution is 2.25. The van der Waals surface area contributed by atoms with Crippen LogP contribution in [0.3, 0.4) is 0 Å². The summed E-state index contributed by atoms with van der Waals surface area (Å²) in [5.41, 5.74) is 10.5. The number of fused-ring (bicyclic) bond motifs is 1. The zero-order valence-corrected chi connectivity index (χ0v) is 10.4. The molecule has 1 unspecified atom stereocenters. The molecule has 3 rings (SSSR count). The second kappa shape index (κ2) is 3.96. The average molecular weight is 241 g/mol. The van der Waals surface area contributed by atoms with Gasteiger partial charge in [-0.05, 0) is 24.6 Å². The lowest BCUT2D eigenvalue weighted by atomic mass is 10.0. The molecule has 0 aliphatic heterocycles. The Morgan fingerprint density at radius 1 is 1.22 bits per heavy atom. The second-order valence-corrected chi connectivity index (χ2v) is 4.44. The van der Waals surface area contributed by atoms with Crippen molar-refractivity contribution in [2.45, 2.75) is 13.0 Å². The van der Waals surface area contributed by atoms with E-state index in [0.717, 1.165) is 22.3 Å². The first kappa shape index (κ1) is 11.0. The largest absolute Gasteiger partial charge is 0.319 e. The maximum atomic E-state index is 6.36. The van der Waals surface area contributed by atoms with Gasteiger partial charge < -0.3 is 5.73 Å². The van der Waals surface area contributed by atoms with Crippen molar-refractivity contribution in [2.75, 3.05) is 0 Å². The molecular weight excluding hydrogens is 226 g/mol. The normalized spacial score (nSPS) is 13.1. The molecule has 0 spiro atoms. The van der Waals surface area contributed by atoms with Gasteiger partial charge in [-0.1, -0.05) is 6.07 Å². The molecule has 0 saturated heterocycles. The van der Waals surface area contributed by atoms with Crippen LogP contribution in [0.15, 0.2) is 36.8 Å². The van der Waals surface area contributed by atoms with Gasteiger partial charge >= 0.3 is 0 Å². The van der Waals surface area contributed by atoms with Crippen LogP contribution in [0.4, 0.5) is 0 Å². The first-order chi connectivity index (χ1) is 8.68. The fourth-order valence-electron chi connectivity index (χ4n) is 2.34. The molecule has 0 fully saturated rings. The van der Waals surface area contributed by atoms with Crippen LogP contribution in [0.25, 0.3) is 5.52 Å². The van der Waals surface area contributed by atoms with Crippen LogP contribution in [-0.2, 0) is 7.05 Å². The zero-order valence-electron chi connectivity index (χ0n) is 10.4. The lowest BCUT2D eigenvalue weighted by Gasteiger charge is -2.12. The Balaban J connectivity index is 2.15. The molecule has 0 aliphatic rings. The highest BCUT2D eigenvalue weighted by atomic mass is 15.3. The molecule has 0 aliphatic carbocycles. The Kier molecular flexibility index (Phi) is 2.41. The molecule has 0 radical (unpaired) electrons. The van der Waals surface area contributed by atoms with Crippen LogP contribution in [0.5, 0.6) is 0 Å². The van der Waals surface area contributed by atoms with Gasteiger partial charge in [0.15, 0.2) is 0 Å². The van der Waals surface area contributed by atoms with Crippen molar-refractivity contribution in [2.24, 2.45) is 12.8 Å². The lowest BCUT2D eigenvalue weighted by Crippen LogP contribution is -2.16. The monoisotopic (exact) mass is 241 g/mol. The Morgan fingerprint density at radius 2 is 2.06 bits per heavy atom. The van der Waals surface area contributed by atoms with Crippen LogP contribution in [0, 0.1) is 6.92 Å². The van der Waals surface area contributed by atoms with Crippen molar-refractivity contribution in [1.29, 1.82) is 0 Å². The van der Waals surface area contributed by atoms with Crippen LogP contribution in [0.1, 0.15) is 22.9 Å². The molecular formula is C13H15N5. The predicted molar refractivity (Wildman–Crippen MR) is 69.2 cm³/mol. The number of nitrogens with two attached hydrogens (primary N) is 1. The van der Waals surface area contributed by atoms with Crippen molar-refractivity contribution in [3.05, 3.63) is 53.6 Å². The van der Waals surface area contributed by atoms with Gasteiger partial charge in [0.1, 0.15) is 0 Å². The number of aryl methyl sites for hydroxylation is 2. The number of nitrogens with zero attached hydrogens (tertiary/aromatic N) is 4. The minimum Gasteiger partial charge on any atom is -0.319 e. The molecule has 0 amide bonds. The molecule has 0 aromatic carbocycles. The van der Waals surface area contributed by atoms with Gasteiger partial charge in [-0.2, -0.15) is 10.2 Å². The molecule has 1 atom stereocenters. The van der Waals surface area contributed by atoms with E-state index in [0.29, 0.717) is 0 Å². The summed E-state index contributed by atoms with van der Waals surface area (Å²) in [7, 11) is 1.91. The van der Waals surface area contributed by atoms with E-state index in [1.54, 1.807) is 0 Å². The fraction of sp³-hybridized carbons (Fsp3) is 0.231. The molecule has 5 heteroatoms. The molecule has 3 heterocycles. The highest BCUT2D eigenvalue weighted by Gasteiger charge is 2.19. The van der Waals surface area contributed by atoms with Crippen molar-refractivity contribution in [1.82, 2.24) is 19.4 Å². The van der Waals surface area contributed by atoms with E-state index in [4.69, 9.17) is 5.73 Å². The van der Waals surface area contributed by atoms with Crippen LogP contribution < -0.4 is 5.73 Å². The minimum absolute atomic E-state index is 0.211. The second-order valence-electron chi connectivity index (χ2n) is 4.44. The Labute approximate surface area is 105 Å². The predicted octanol–water partition coefficient (Wildman–Crippen LogP) is 1.42. The van der Waals surface area contributed by atoms with Gasteiger partial charge in [0, 0.05) is 18.8 Å². The maximum absolute atomic E-state index is 6.36. The topological polar surface area (TPSA) is 61.1 Å². The van der Waals surface area contributed by atoms with E-state index in [-0.39, 0.29) is 6.04 Å². The summed E-state index contributed by atoms with van der Waals surface area (Å²) in [6.45, 7) is 2.02. The summed E-state index contributed by atoms with van der Waals surface area (Å²) in [5.74, 6) is 0. The van der Waals surface area contributed by atoms with Gasteiger partial charge in [0.2, 0.25) is 0 Å². The fourth-order valence-corrected chi connectivity index (χ4v) is 2.34. The Bertz CT molecular complexity index is 675. The van der Waals surface area contributed by atoms with E-state index >= 15 is 0 Å². The summed E-state index contributed by atoms with van der Waals surface area (Å²) >= 11 is 0. The summed E-state index contributed by atoms with van der Waals surface area (Å²) in [6, 6.07) is 5.75. The Morgan fingerprint density at radius 3 is 2.78 bits per heavy atom. The lowest BCUT2D eigenvalue weighted by molar-refractivity contribution is 0.672. The smallest absolute Gasteiger partial charge is 0.0763 e. The van der Waals surface area contributed by atoms with Gasteiger partial charge in [0.05, 0.1) is 29.6 Å². The third-order valence-corrected chi connectivity index (χ3v) is 3.26. The first-order valence-corrected chi connectivity index (χ1v) is 5.85. The van der Waals surface area contributed by atoms with E-state index < -0.39 is 0 Å². The van der Waals surface area contributed by atoms with Crippen molar-refractivity contribution in [3.8, 4) is 0 Å². The highest BCUT2D eigenvalue weighted by molar-refractivity contribution is 5.56. The van der Waals surface area contributed by atoms with Crippen molar-refractivity contribution < 1.29 is 0 Å². The minimum atomic E-state index is -0.211. The standard InChI is InChI=1S/C13H15N5/c1-9-7-15-17(2)13(9)12(14)10-8-16-18-6-4-3-5-11(10)18/h3-8,12H,14H2,1-2H3. The summed E-state index contributed by atoms with van der Waals surface area (Å²) in [4.78, 5) is 0. The quantitative estimate of drug-likeness (QED) is 0.738. The van der Waals surface area contributed by atoms with Gasteiger partial charge in [0.25, 0.3) is 0 Å². The third kappa shape index (κ3) is 1.52. The zero-order chi connectivity index (χ0) is 12.7. The van der Waals surface area contributed by atoms with Gasteiger partial charge in [-0.3, -0.25) is 4.68 Å².